The molecular formula is C60H46O2. The summed E-state index contributed by atoms with van der Waals surface area (Å²) in [6.45, 7) is 2.41. The summed E-state index contributed by atoms with van der Waals surface area (Å²) in [5.41, 5.74) is 11.9. The Morgan fingerprint density at radius 3 is 1.79 bits per heavy atom. The average Bonchev–Trinajstić information content (AvgIpc) is 3.91. The van der Waals surface area contributed by atoms with E-state index in [1.807, 2.05) is 0 Å². The number of furan rings is 2. The molecule has 3 unspecified atom stereocenters. The van der Waals surface area contributed by atoms with Gasteiger partial charge < -0.3 is 8.83 Å². The van der Waals surface area contributed by atoms with Gasteiger partial charge in [0.25, 0.3) is 0 Å². The standard InChI is InChI=1S/C60H46O2/c1-38(58(50-25-13-16-43-15-2-3-18-45(43)50)53-37-55-49-22-9-11-27-57(49)62-60(55)52-24-7-5-20-47(52)53)40-32-34-42(35-33-40)41-30-28-39(29-31-41)14-12-17-44-36-54-48-21-8-10-26-56(48)61-59(54)51-23-6-4-19-46(44)51/h2-11,13,15-16,18-28,30-39,58H,12,14,17,29H2,1H3. The fourth-order valence-electron chi connectivity index (χ4n) is 10.7. The highest BCUT2D eigenvalue weighted by atomic mass is 16.3. The van der Waals surface area contributed by atoms with Crippen LogP contribution in [0.25, 0.3) is 81.8 Å². The summed E-state index contributed by atoms with van der Waals surface area (Å²) in [7, 11) is 0. The minimum absolute atomic E-state index is 0.100. The van der Waals surface area contributed by atoms with Gasteiger partial charge in [0.05, 0.1) is 0 Å². The minimum Gasteiger partial charge on any atom is -0.455 e. The van der Waals surface area contributed by atoms with E-state index in [1.165, 1.54) is 82.9 Å². The van der Waals surface area contributed by atoms with Crippen molar-refractivity contribution < 1.29 is 8.83 Å². The molecule has 62 heavy (non-hydrogen) atoms. The maximum atomic E-state index is 6.56. The first-order chi connectivity index (χ1) is 30.7. The zero-order chi connectivity index (χ0) is 41.1. The maximum absolute atomic E-state index is 6.56. The lowest BCUT2D eigenvalue weighted by molar-refractivity contribution is 0.565. The van der Waals surface area contributed by atoms with Crippen molar-refractivity contribution in [1.82, 2.24) is 0 Å². The van der Waals surface area contributed by atoms with E-state index in [4.69, 9.17) is 8.83 Å². The molecule has 0 bridgehead atoms. The Hall–Kier alpha value is -7.16. The quantitative estimate of drug-likeness (QED) is 0.145. The second-order valence-corrected chi connectivity index (χ2v) is 17.4. The highest BCUT2D eigenvalue weighted by molar-refractivity contribution is 6.17. The first kappa shape index (κ1) is 36.7. The molecule has 2 heterocycles. The summed E-state index contributed by atoms with van der Waals surface area (Å²) >= 11 is 0. The van der Waals surface area contributed by atoms with E-state index in [0.717, 1.165) is 52.4 Å². The van der Waals surface area contributed by atoms with Gasteiger partial charge in [-0.2, -0.15) is 0 Å². The molecule has 0 amide bonds. The van der Waals surface area contributed by atoms with Crippen molar-refractivity contribution >= 4 is 81.8 Å². The third-order valence-electron chi connectivity index (χ3n) is 13.9. The number of aryl methyl sites for hydroxylation is 1. The third kappa shape index (κ3) is 6.16. The van der Waals surface area contributed by atoms with Gasteiger partial charge in [-0.15, -0.1) is 0 Å². The van der Waals surface area contributed by atoms with E-state index < -0.39 is 0 Å². The van der Waals surface area contributed by atoms with E-state index in [1.54, 1.807) is 0 Å². The number of allylic oxidation sites excluding steroid dienone is 4. The highest BCUT2D eigenvalue weighted by Gasteiger charge is 2.28. The molecule has 0 saturated heterocycles. The van der Waals surface area contributed by atoms with E-state index in [0.29, 0.717) is 5.92 Å². The second-order valence-electron chi connectivity index (χ2n) is 17.4. The Morgan fingerprint density at radius 2 is 1.10 bits per heavy atom. The molecule has 0 radical (unpaired) electrons. The van der Waals surface area contributed by atoms with Crippen molar-refractivity contribution in [3.8, 4) is 0 Å². The van der Waals surface area contributed by atoms with Crippen LogP contribution >= 0.6 is 0 Å². The molecule has 0 fully saturated rings. The fourth-order valence-corrected chi connectivity index (χ4v) is 10.7. The molecule has 0 spiro atoms. The molecule has 0 N–H and O–H groups in total. The summed E-state index contributed by atoms with van der Waals surface area (Å²) in [6, 6.07) is 64.3. The van der Waals surface area contributed by atoms with E-state index >= 15 is 0 Å². The normalized spacial score (nSPS) is 15.4. The predicted octanol–water partition coefficient (Wildman–Crippen LogP) is 16.9. The summed E-state index contributed by atoms with van der Waals surface area (Å²) < 4.78 is 12.9. The SMILES string of the molecule is CC(c1ccc(C2=CCC(CCCc3cc4c5ccccc5oc4c4ccccc34)C=C2)cc1)C(c1cccc2ccccc12)c1cc2c3ccccc3oc2c2ccccc12. The number of rotatable bonds is 9. The van der Waals surface area contributed by atoms with E-state index in [2.05, 4.69) is 201 Å². The lowest BCUT2D eigenvalue weighted by atomic mass is 9.75. The maximum Gasteiger partial charge on any atom is 0.143 e. The smallest absolute Gasteiger partial charge is 0.143 e. The van der Waals surface area contributed by atoms with Crippen molar-refractivity contribution in [2.75, 3.05) is 0 Å². The molecule has 2 heteroatoms. The van der Waals surface area contributed by atoms with Gasteiger partial charge in [0, 0.05) is 38.2 Å². The van der Waals surface area contributed by atoms with Crippen LogP contribution in [0.3, 0.4) is 0 Å². The van der Waals surface area contributed by atoms with Gasteiger partial charge in [-0.05, 0) is 117 Å². The fraction of sp³-hybridized carbons (Fsp3) is 0.133. The molecule has 0 aliphatic heterocycles. The molecule has 0 saturated carbocycles. The summed E-state index contributed by atoms with van der Waals surface area (Å²) in [4.78, 5) is 0. The average molecular weight is 799 g/mol. The summed E-state index contributed by atoms with van der Waals surface area (Å²) in [5, 5.41) is 12.3. The van der Waals surface area contributed by atoms with Gasteiger partial charge in [0.15, 0.2) is 0 Å². The Kier molecular flexibility index (Phi) is 8.92. The van der Waals surface area contributed by atoms with Crippen LogP contribution in [-0.2, 0) is 6.42 Å². The van der Waals surface area contributed by atoms with Crippen LogP contribution in [0.5, 0.6) is 0 Å². The van der Waals surface area contributed by atoms with Crippen molar-refractivity contribution in [1.29, 1.82) is 0 Å². The summed E-state index contributed by atoms with van der Waals surface area (Å²) in [6.07, 6.45) is 11.7. The summed E-state index contributed by atoms with van der Waals surface area (Å²) in [5.74, 6) is 0.839. The lowest BCUT2D eigenvalue weighted by Crippen LogP contribution is -2.12. The van der Waals surface area contributed by atoms with Crippen LogP contribution in [0.2, 0.25) is 0 Å². The number of hydrogen-bond acceptors (Lipinski definition) is 2. The van der Waals surface area contributed by atoms with Gasteiger partial charge in [-0.25, -0.2) is 0 Å². The van der Waals surface area contributed by atoms with Crippen molar-refractivity contribution in [2.24, 2.45) is 5.92 Å². The van der Waals surface area contributed by atoms with Crippen LogP contribution in [0, 0.1) is 5.92 Å². The molecule has 2 nitrogen and oxygen atoms in total. The van der Waals surface area contributed by atoms with Crippen molar-refractivity contribution in [3.63, 3.8) is 0 Å². The van der Waals surface area contributed by atoms with Crippen LogP contribution in [0.1, 0.15) is 65.8 Å². The Labute approximate surface area is 361 Å². The van der Waals surface area contributed by atoms with Crippen LogP contribution in [0.15, 0.2) is 203 Å². The number of fused-ring (bicyclic) bond motifs is 11. The third-order valence-corrected chi connectivity index (χ3v) is 13.9. The molecule has 9 aromatic carbocycles. The predicted molar refractivity (Wildman–Crippen MR) is 261 cm³/mol. The van der Waals surface area contributed by atoms with Crippen LogP contribution in [-0.4, -0.2) is 0 Å². The molecular weight excluding hydrogens is 753 g/mol. The van der Waals surface area contributed by atoms with Gasteiger partial charge in [-0.1, -0.05) is 177 Å². The Morgan fingerprint density at radius 1 is 0.516 bits per heavy atom. The van der Waals surface area contributed by atoms with Gasteiger partial charge >= 0.3 is 0 Å². The highest BCUT2D eigenvalue weighted by Crippen LogP contribution is 2.47. The first-order valence-electron chi connectivity index (χ1n) is 22.3. The van der Waals surface area contributed by atoms with Gasteiger partial charge in [0.1, 0.15) is 22.3 Å². The molecule has 1 aliphatic rings. The molecule has 2 aromatic heterocycles. The zero-order valence-electron chi connectivity index (χ0n) is 34.9. The van der Waals surface area contributed by atoms with Crippen molar-refractivity contribution in [2.45, 2.75) is 44.4 Å². The van der Waals surface area contributed by atoms with Crippen LogP contribution < -0.4 is 0 Å². The Balaban J connectivity index is 0.820. The van der Waals surface area contributed by atoms with Gasteiger partial charge in [0.2, 0.25) is 0 Å². The molecule has 298 valence electrons. The number of hydrogen-bond donors (Lipinski definition) is 0. The molecule has 3 atom stereocenters. The largest absolute Gasteiger partial charge is 0.455 e. The molecule has 1 aliphatic carbocycles. The number of para-hydroxylation sites is 2. The first-order valence-corrected chi connectivity index (χ1v) is 22.3. The minimum atomic E-state index is 0.100. The topological polar surface area (TPSA) is 26.3 Å². The molecule has 12 rings (SSSR count). The lowest BCUT2D eigenvalue weighted by Gasteiger charge is -2.28. The zero-order valence-corrected chi connectivity index (χ0v) is 34.9. The monoisotopic (exact) mass is 798 g/mol. The molecule has 11 aromatic rings. The van der Waals surface area contributed by atoms with Crippen molar-refractivity contribution in [3.05, 3.63) is 222 Å². The van der Waals surface area contributed by atoms with Gasteiger partial charge in [-0.3, -0.25) is 0 Å². The van der Waals surface area contributed by atoms with Crippen LogP contribution in [0.4, 0.5) is 0 Å². The van der Waals surface area contributed by atoms with E-state index in [9.17, 15) is 0 Å². The van der Waals surface area contributed by atoms with E-state index in [-0.39, 0.29) is 11.8 Å². The Bertz CT molecular complexity index is 3550. The number of benzene rings is 9. The second kappa shape index (κ2) is 15.1.